The molecule has 28 heavy (non-hydrogen) atoms. The van der Waals surface area contributed by atoms with Crippen molar-refractivity contribution in [1.29, 1.82) is 0 Å². The molecule has 0 spiro atoms. The van der Waals surface area contributed by atoms with Crippen LogP contribution in [-0.4, -0.2) is 41.1 Å². The summed E-state index contributed by atoms with van der Waals surface area (Å²) in [6, 6.07) is 7.48. The van der Waals surface area contributed by atoms with Crippen LogP contribution in [0.4, 0.5) is 10.2 Å². The predicted molar refractivity (Wildman–Crippen MR) is 106 cm³/mol. The molecular formula is C19H24FN3O4S. The number of amides is 2. The van der Waals surface area contributed by atoms with E-state index in [9.17, 15) is 14.0 Å². The van der Waals surface area contributed by atoms with Crippen LogP contribution in [0.3, 0.4) is 0 Å². The molecule has 0 aliphatic rings. The molecule has 2 aromatic rings. The van der Waals surface area contributed by atoms with Gasteiger partial charge >= 0.3 is 0 Å². The van der Waals surface area contributed by atoms with Gasteiger partial charge in [-0.2, -0.15) is 0 Å². The smallest absolute Gasteiger partial charge is 0.238 e. The van der Waals surface area contributed by atoms with Gasteiger partial charge in [0.05, 0.1) is 17.6 Å². The van der Waals surface area contributed by atoms with E-state index < -0.39 is 5.25 Å². The lowest BCUT2D eigenvalue weighted by Crippen LogP contribution is -2.29. The number of benzene rings is 1. The first kappa shape index (κ1) is 21.7. The van der Waals surface area contributed by atoms with Gasteiger partial charge in [0.15, 0.2) is 5.82 Å². The number of nitrogens with zero attached hydrogens (tertiary/aromatic N) is 1. The number of carbonyl (C=O) groups is 2. The highest BCUT2D eigenvalue weighted by Crippen LogP contribution is 2.14. The summed E-state index contributed by atoms with van der Waals surface area (Å²) in [6.07, 6.45) is 1.53. The molecule has 1 heterocycles. The maximum Gasteiger partial charge on any atom is 0.238 e. The van der Waals surface area contributed by atoms with Crippen LogP contribution < -0.4 is 15.4 Å². The van der Waals surface area contributed by atoms with Crippen LogP contribution in [-0.2, 0) is 9.59 Å². The SMILES string of the molecule is Cc1cc(NC(=O)C(C)SCC(=O)NCCCCOc2ccc(F)cc2)no1. The molecule has 152 valence electrons. The van der Waals surface area contributed by atoms with Gasteiger partial charge in [0.1, 0.15) is 17.3 Å². The van der Waals surface area contributed by atoms with Gasteiger partial charge in [0.2, 0.25) is 11.8 Å². The van der Waals surface area contributed by atoms with Crippen molar-refractivity contribution in [2.45, 2.75) is 31.9 Å². The average molecular weight is 409 g/mol. The number of halogens is 1. The normalized spacial score (nSPS) is 11.7. The maximum atomic E-state index is 12.8. The number of anilines is 1. The molecule has 0 fully saturated rings. The zero-order valence-electron chi connectivity index (χ0n) is 15.9. The fourth-order valence-corrected chi connectivity index (χ4v) is 2.87. The summed E-state index contributed by atoms with van der Waals surface area (Å²) >= 11 is 1.25. The Bertz CT molecular complexity index is 767. The summed E-state index contributed by atoms with van der Waals surface area (Å²) < 4.78 is 23.2. The minimum atomic E-state index is -0.396. The Morgan fingerprint density at radius 3 is 2.71 bits per heavy atom. The molecule has 0 aliphatic carbocycles. The van der Waals surface area contributed by atoms with E-state index in [1.54, 1.807) is 32.0 Å². The minimum Gasteiger partial charge on any atom is -0.494 e. The zero-order valence-corrected chi connectivity index (χ0v) is 16.7. The van der Waals surface area contributed by atoms with Crippen molar-refractivity contribution in [1.82, 2.24) is 10.5 Å². The first-order valence-electron chi connectivity index (χ1n) is 8.95. The molecule has 0 radical (unpaired) electrons. The highest BCUT2D eigenvalue weighted by atomic mass is 32.2. The van der Waals surface area contributed by atoms with Gasteiger partial charge in [-0.1, -0.05) is 5.16 Å². The van der Waals surface area contributed by atoms with Crippen LogP contribution in [0.5, 0.6) is 5.75 Å². The summed E-state index contributed by atoms with van der Waals surface area (Å²) in [5.41, 5.74) is 0. The number of aromatic nitrogens is 1. The molecular weight excluding hydrogens is 385 g/mol. The molecule has 9 heteroatoms. The summed E-state index contributed by atoms with van der Waals surface area (Å²) in [6.45, 7) is 4.49. The van der Waals surface area contributed by atoms with E-state index in [0.29, 0.717) is 30.5 Å². The molecule has 2 amide bonds. The quantitative estimate of drug-likeness (QED) is 0.554. The number of thioether (sulfide) groups is 1. The fourth-order valence-electron chi connectivity index (χ4n) is 2.16. The van der Waals surface area contributed by atoms with Crippen LogP contribution >= 0.6 is 11.8 Å². The van der Waals surface area contributed by atoms with Crippen molar-refractivity contribution >= 4 is 29.4 Å². The Morgan fingerprint density at radius 1 is 1.29 bits per heavy atom. The van der Waals surface area contributed by atoms with Gasteiger partial charge < -0.3 is 19.9 Å². The maximum absolute atomic E-state index is 12.8. The number of unbranched alkanes of at least 4 members (excludes halogenated alkanes) is 1. The van der Waals surface area contributed by atoms with Crippen LogP contribution in [0.2, 0.25) is 0 Å². The molecule has 1 aromatic carbocycles. The van der Waals surface area contributed by atoms with Gasteiger partial charge in [-0.05, 0) is 51.0 Å². The Hall–Kier alpha value is -2.55. The molecule has 0 aliphatic heterocycles. The molecule has 1 aromatic heterocycles. The van der Waals surface area contributed by atoms with Gasteiger partial charge in [0, 0.05) is 12.6 Å². The van der Waals surface area contributed by atoms with E-state index in [0.717, 1.165) is 12.8 Å². The van der Waals surface area contributed by atoms with Crippen LogP contribution in [0.15, 0.2) is 34.9 Å². The fraction of sp³-hybridized carbons (Fsp3) is 0.421. The number of nitrogens with one attached hydrogen (secondary N) is 2. The van der Waals surface area contributed by atoms with Crippen LogP contribution in [0.25, 0.3) is 0 Å². The number of rotatable bonds is 11. The van der Waals surface area contributed by atoms with Crippen molar-refractivity contribution in [2.24, 2.45) is 0 Å². The van der Waals surface area contributed by atoms with Gasteiger partial charge in [-0.3, -0.25) is 9.59 Å². The standard InChI is InChI=1S/C19H24FN3O4S/c1-13-11-17(23-27-13)22-19(25)14(2)28-12-18(24)21-9-3-4-10-26-16-7-5-15(20)6-8-16/h5-8,11,14H,3-4,9-10,12H2,1-2H3,(H,21,24)(H,22,23,25). The highest BCUT2D eigenvalue weighted by molar-refractivity contribution is 8.01. The number of hydrogen-bond acceptors (Lipinski definition) is 6. The second kappa shape index (κ2) is 11.3. The molecule has 2 rings (SSSR count). The van der Waals surface area contributed by atoms with Crippen LogP contribution in [0.1, 0.15) is 25.5 Å². The van der Waals surface area contributed by atoms with Crippen molar-refractivity contribution in [3.05, 3.63) is 41.9 Å². The van der Waals surface area contributed by atoms with E-state index >= 15 is 0 Å². The van der Waals surface area contributed by atoms with E-state index in [1.807, 2.05) is 0 Å². The third kappa shape index (κ3) is 7.99. The zero-order chi connectivity index (χ0) is 20.4. The number of aryl methyl sites for hydroxylation is 1. The van der Waals surface area contributed by atoms with Crippen molar-refractivity contribution < 1.29 is 23.2 Å². The Morgan fingerprint density at radius 2 is 2.04 bits per heavy atom. The lowest BCUT2D eigenvalue weighted by Gasteiger charge is -2.10. The Labute approximate surface area is 167 Å². The minimum absolute atomic E-state index is 0.124. The lowest BCUT2D eigenvalue weighted by molar-refractivity contribution is -0.118. The lowest BCUT2D eigenvalue weighted by atomic mass is 10.3. The molecule has 7 nitrogen and oxygen atoms in total. The van der Waals surface area contributed by atoms with Crippen LogP contribution in [0, 0.1) is 12.7 Å². The summed E-state index contributed by atoms with van der Waals surface area (Å²) in [4.78, 5) is 23.9. The van der Waals surface area contributed by atoms with Gasteiger partial charge in [0.25, 0.3) is 0 Å². The van der Waals surface area contributed by atoms with E-state index in [-0.39, 0.29) is 23.4 Å². The van der Waals surface area contributed by atoms with Crippen molar-refractivity contribution in [3.8, 4) is 5.75 Å². The molecule has 2 N–H and O–H groups in total. The number of ether oxygens (including phenoxy) is 1. The monoisotopic (exact) mass is 409 g/mol. The van der Waals surface area contributed by atoms with E-state index in [2.05, 4.69) is 15.8 Å². The predicted octanol–water partition coefficient (Wildman–Crippen LogP) is 3.16. The second-order valence-electron chi connectivity index (χ2n) is 6.12. The highest BCUT2D eigenvalue weighted by Gasteiger charge is 2.16. The number of hydrogen-bond donors (Lipinski definition) is 2. The largest absolute Gasteiger partial charge is 0.494 e. The van der Waals surface area contributed by atoms with Gasteiger partial charge in [-0.25, -0.2) is 4.39 Å². The van der Waals surface area contributed by atoms with E-state index in [1.165, 1.54) is 23.9 Å². The third-order valence-electron chi connectivity index (χ3n) is 3.69. The molecule has 1 atom stereocenters. The summed E-state index contributed by atoms with van der Waals surface area (Å²) in [7, 11) is 0. The second-order valence-corrected chi connectivity index (χ2v) is 7.45. The van der Waals surface area contributed by atoms with Crippen molar-refractivity contribution in [3.63, 3.8) is 0 Å². The topological polar surface area (TPSA) is 93.5 Å². The summed E-state index contributed by atoms with van der Waals surface area (Å²) in [5, 5.41) is 8.75. The molecule has 0 saturated carbocycles. The molecule has 0 saturated heterocycles. The molecule has 0 bridgehead atoms. The Kier molecular flexibility index (Phi) is 8.80. The third-order valence-corrected chi connectivity index (χ3v) is 4.83. The van der Waals surface area contributed by atoms with Gasteiger partial charge in [-0.15, -0.1) is 11.8 Å². The first-order chi connectivity index (χ1) is 13.4. The average Bonchev–Trinajstić information content (AvgIpc) is 3.08. The van der Waals surface area contributed by atoms with Crippen molar-refractivity contribution in [2.75, 3.05) is 24.2 Å². The Balaban J connectivity index is 1.52. The number of carbonyl (C=O) groups excluding carboxylic acids is 2. The van der Waals surface area contributed by atoms with E-state index in [4.69, 9.17) is 9.26 Å². The first-order valence-corrected chi connectivity index (χ1v) is 10.00. The molecule has 1 unspecified atom stereocenters. The summed E-state index contributed by atoms with van der Waals surface area (Å²) in [5.74, 6) is 1.13.